The third kappa shape index (κ3) is 2.96. The Morgan fingerprint density at radius 1 is 1.26 bits per heavy atom. The number of methoxy groups -OCH3 is 2. The molecule has 0 spiro atoms. The van der Waals surface area contributed by atoms with Crippen LogP contribution < -0.4 is 9.47 Å². The van der Waals surface area contributed by atoms with Gasteiger partial charge in [0.1, 0.15) is 16.3 Å². The molecule has 1 unspecified atom stereocenters. The van der Waals surface area contributed by atoms with Crippen molar-refractivity contribution >= 4 is 27.5 Å². The lowest BCUT2D eigenvalue weighted by atomic mass is 10.0. The number of hydrogen-bond acceptors (Lipinski definition) is 5. The van der Waals surface area contributed by atoms with E-state index in [1.165, 1.54) is 11.3 Å². The van der Waals surface area contributed by atoms with Crippen LogP contribution in [0.25, 0.3) is 10.2 Å². The van der Waals surface area contributed by atoms with Gasteiger partial charge in [0.25, 0.3) is 5.91 Å². The lowest BCUT2D eigenvalue weighted by Crippen LogP contribution is -2.30. The van der Waals surface area contributed by atoms with Gasteiger partial charge in [0, 0.05) is 24.5 Å². The maximum Gasteiger partial charge on any atom is 0.264 e. The zero-order valence-electron chi connectivity index (χ0n) is 16.0. The summed E-state index contributed by atoms with van der Waals surface area (Å²) in [4.78, 5) is 17.1. The Bertz CT molecular complexity index is 973. The first-order chi connectivity index (χ1) is 13.0. The van der Waals surface area contributed by atoms with E-state index in [1.54, 1.807) is 14.2 Å². The molecule has 1 aliphatic rings. The molecule has 6 nitrogen and oxygen atoms in total. The molecule has 2 aromatic heterocycles. The van der Waals surface area contributed by atoms with Crippen molar-refractivity contribution in [2.75, 3.05) is 20.8 Å². The van der Waals surface area contributed by atoms with Gasteiger partial charge in [-0.3, -0.25) is 9.48 Å². The fraction of sp³-hybridized carbons (Fsp3) is 0.400. The van der Waals surface area contributed by atoms with Crippen molar-refractivity contribution in [1.82, 2.24) is 14.7 Å². The lowest BCUT2D eigenvalue weighted by molar-refractivity contribution is 0.0739. The highest BCUT2D eigenvalue weighted by Crippen LogP contribution is 2.40. The van der Waals surface area contributed by atoms with Crippen LogP contribution in [-0.2, 0) is 7.05 Å². The Balaban J connectivity index is 1.70. The van der Waals surface area contributed by atoms with Gasteiger partial charge < -0.3 is 14.4 Å². The predicted molar refractivity (Wildman–Crippen MR) is 106 cm³/mol. The molecule has 1 atom stereocenters. The second-order valence-electron chi connectivity index (χ2n) is 6.80. The molecule has 3 heterocycles. The topological polar surface area (TPSA) is 56.6 Å². The van der Waals surface area contributed by atoms with E-state index in [4.69, 9.17) is 9.47 Å². The van der Waals surface area contributed by atoms with Crippen molar-refractivity contribution < 1.29 is 14.3 Å². The van der Waals surface area contributed by atoms with Crippen LogP contribution in [0.15, 0.2) is 24.3 Å². The average molecular weight is 385 g/mol. The van der Waals surface area contributed by atoms with Gasteiger partial charge in [0.05, 0.1) is 30.8 Å². The Morgan fingerprint density at radius 3 is 2.78 bits per heavy atom. The van der Waals surface area contributed by atoms with Crippen LogP contribution in [-0.4, -0.2) is 41.4 Å². The molecular weight excluding hydrogens is 362 g/mol. The van der Waals surface area contributed by atoms with E-state index in [0.717, 1.165) is 57.2 Å². The van der Waals surface area contributed by atoms with Crippen LogP contribution in [0.5, 0.6) is 11.5 Å². The first-order valence-electron chi connectivity index (χ1n) is 8.99. The summed E-state index contributed by atoms with van der Waals surface area (Å²) in [6.45, 7) is 2.72. The fourth-order valence-corrected chi connectivity index (χ4v) is 4.96. The summed E-state index contributed by atoms with van der Waals surface area (Å²) in [6.07, 6.45) is 1.89. The number of benzene rings is 1. The number of aryl methyl sites for hydroxylation is 2. The van der Waals surface area contributed by atoms with E-state index < -0.39 is 0 Å². The second kappa shape index (κ2) is 6.88. The second-order valence-corrected chi connectivity index (χ2v) is 7.83. The Kier molecular flexibility index (Phi) is 4.55. The predicted octanol–water partition coefficient (Wildman–Crippen LogP) is 3.94. The largest absolute Gasteiger partial charge is 0.497 e. The van der Waals surface area contributed by atoms with Gasteiger partial charge in [0.2, 0.25) is 0 Å². The van der Waals surface area contributed by atoms with Crippen molar-refractivity contribution in [3.8, 4) is 11.5 Å². The minimum Gasteiger partial charge on any atom is -0.497 e. The van der Waals surface area contributed by atoms with Crippen LogP contribution in [0, 0.1) is 6.92 Å². The number of aromatic nitrogens is 2. The van der Waals surface area contributed by atoms with Gasteiger partial charge in [-0.05, 0) is 44.0 Å². The third-order valence-electron chi connectivity index (χ3n) is 5.22. The van der Waals surface area contributed by atoms with Gasteiger partial charge >= 0.3 is 0 Å². The molecule has 142 valence electrons. The van der Waals surface area contributed by atoms with E-state index in [2.05, 4.69) is 5.10 Å². The number of carbonyl (C=O) groups is 1. The van der Waals surface area contributed by atoms with Crippen molar-refractivity contribution in [3.63, 3.8) is 0 Å². The normalized spacial score (nSPS) is 16.9. The van der Waals surface area contributed by atoms with E-state index >= 15 is 0 Å². The van der Waals surface area contributed by atoms with Crippen molar-refractivity contribution in [2.24, 2.45) is 7.05 Å². The molecule has 0 N–H and O–H groups in total. The van der Waals surface area contributed by atoms with E-state index in [-0.39, 0.29) is 11.9 Å². The molecule has 1 fully saturated rings. The van der Waals surface area contributed by atoms with Crippen LogP contribution in [0.2, 0.25) is 0 Å². The summed E-state index contributed by atoms with van der Waals surface area (Å²) in [5, 5.41) is 5.48. The Labute approximate surface area is 162 Å². The summed E-state index contributed by atoms with van der Waals surface area (Å²) in [5.74, 6) is 1.63. The molecule has 7 heteroatoms. The SMILES string of the molecule is COc1ccc(OC)c(C2CCCN2C(=O)c2cc3c(C)nn(C)c3s2)c1. The molecule has 1 aromatic carbocycles. The van der Waals surface area contributed by atoms with Crippen LogP contribution in [0.4, 0.5) is 0 Å². The summed E-state index contributed by atoms with van der Waals surface area (Å²) >= 11 is 1.51. The average Bonchev–Trinajstić information content (AvgIpc) is 3.38. The first-order valence-corrected chi connectivity index (χ1v) is 9.81. The molecule has 0 radical (unpaired) electrons. The summed E-state index contributed by atoms with van der Waals surface area (Å²) in [5.41, 5.74) is 1.96. The van der Waals surface area contributed by atoms with E-state index in [1.807, 2.05) is 47.8 Å². The number of carbonyl (C=O) groups excluding carboxylic acids is 1. The van der Waals surface area contributed by atoms with Crippen LogP contribution >= 0.6 is 11.3 Å². The highest BCUT2D eigenvalue weighted by atomic mass is 32.1. The molecule has 1 aliphatic heterocycles. The molecule has 3 aromatic rings. The van der Waals surface area contributed by atoms with Gasteiger partial charge in [-0.2, -0.15) is 5.10 Å². The molecular formula is C20H23N3O3S. The molecule has 0 bridgehead atoms. The summed E-state index contributed by atoms with van der Waals surface area (Å²) in [7, 11) is 5.23. The van der Waals surface area contributed by atoms with E-state index in [9.17, 15) is 4.79 Å². The number of amides is 1. The lowest BCUT2D eigenvalue weighted by Gasteiger charge is -2.26. The number of thiophene rings is 1. The monoisotopic (exact) mass is 385 g/mol. The van der Waals surface area contributed by atoms with Crippen molar-refractivity contribution in [3.05, 3.63) is 40.4 Å². The number of hydrogen-bond donors (Lipinski definition) is 0. The maximum absolute atomic E-state index is 13.3. The van der Waals surface area contributed by atoms with Gasteiger partial charge in [-0.25, -0.2) is 0 Å². The smallest absolute Gasteiger partial charge is 0.264 e. The fourth-order valence-electron chi connectivity index (χ4n) is 3.89. The Morgan fingerprint density at radius 2 is 2.07 bits per heavy atom. The zero-order valence-corrected chi connectivity index (χ0v) is 16.8. The Hall–Kier alpha value is -2.54. The highest BCUT2D eigenvalue weighted by Gasteiger charge is 2.33. The quantitative estimate of drug-likeness (QED) is 0.683. The minimum absolute atomic E-state index is 0.00742. The maximum atomic E-state index is 13.3. The van der Waals surface area contributed by atoms with Gasteiger partial charge in [0.15, 0.2) is 0 Å². The number of fused-ring (bicyclic) bond motifs is 1. The molecule has 4 rings (SSSR count). The minimum atomic E-state index is -0.00742. The van der Waals surface area contributed by atoms with Gasteiger partial charge in [-0.15, -0.1) is 11.3 Å². The number of likely N-dealkylation sites (tertiary alicyclic amines) is 1. The molecule has 27 heavy (non-hydrogen) atoms. The van der Waals surface area contributed by atoms with Crippen molar-refractivity contribution in [2.45, 2.75) is 25.8 Å². The number of rotatable bonds is 4. The standard InChI is InChI=1S/C20H23N3O3S/c1-12-14-11-18(27-20(14)22(2)21-12)19(24)23-9-5-6-16(23)15-10-13(25-3)7-8-17(15)26-4/h7-8,10-11,16H,5-6,9H2,1-4H3. The summed E-state index contributed by atoms with van der Waals surface area (Å²) < 4.78 is 12.8. The number of nitrogens with zero attached hydrogens (tertiary/aromatic N) is 3. The molecule has 1 saturated heterocycles. The van der Waals surface area contributed by atoms with Crippen LogP contribution in [0.3, 0.4) is 0 Å². The van der Waals surface area contributed by atoms with E-state index in [0.29, 0.717) is 0 Å². The molecule has 0 aliphatic carbocycles. The molecule has 1 amide bonds. The zero-order chi connectivity index (χ0) is 19.1. The summed E-state index contributed by atoms with van der Waals surface area (Å²) in [6, 6.07) is 7.73. The first kappa shape index (κ1) is 17.9. The molecule has 0 saturated carbocycles. The highest BCUT2D eigenvalue weighted by molar-refractivity contribution is 7.20. The van der Waals surface area contributed by atoms with Gasteiger partial charge in [-0.1, -0.05) is 0 Å². The number of ether oxygens (including phenoxy) is 2. The van der Waals surface area contributed by atoms with Crippen LogP contribution in [0.1, 0.15) is 39.8 Å². The van der Waals surface area contributed by atoms with Crippen molar-refractivity contribution in [1.29, 1.82) is 0 Å². The third-order valence-corrected chi connectivity index (χ3v) is 6.41.